The Morgan fingerprint density at radius 1 is 1.40 bits per heavy atom. The summed E-state index contributed by atoms with van der Waals surface area (Å²) < 4.78 is 0. The van der Waals surface area contributed by atoms with E-state index < -0.39 is 11.5 Å². The predicted octanol–water partition coefficient (Wildman–Crippen LogP) is 2.59. The third-order valence-electron chi connectivity index (χ3n) is 4.53. The predicted molar refractivity (Wildman–Crippen MR) is 83.0 cm³/mol. The van der Waals surface area contributed by atoms with Gasteiger partial charge in [0.15, 0.2) is 0 Å². The highest BCUT2D eigenvalue weighted by Gasteiger charge is 2.51. The molecule has 1 aliphatic carbocycles. The molecule has 0 bridgehead atoms. The Balaban J connectivity index is 2.78. The molecule has 1 rings (SSSR count). The molecule has 4 nitrogen and oxygen atoms in total. The van der Waals surface area contributed by atoms with Crippen molar-refractivity contribution in [1.82, 2.24) is 10.2 Å². The molecule has 1 fully saturated rings. The summed E-state index contributed by atoms with van der Waals surface area (Å²) in [5.74, 6) is 0.250. The molecule has 1 aliphatic rings. The number of likely N-dealkylation sites (N-methyl/N-ethyl adjacent to an activating group) is 1. The van der Waals surface area contributed by atoms with Crippen LogP contribution in [0.2, 0.25) is 0 Å². The number of hydrogen-bond donors (Lipinski definition) is 2. The molecular weight excluding hydrogens is 252 g/mol. The molecule has 0 saturated heterocycles. The molecule has 0 spiro atoms. The van der Waals surface area contributed by atoms with Crippen molar-refractivity contribution in [2.75, 3.05) is 26.2 Å². The first-order valence-electron chi connectivity index (χ1n) is 8.20. The molecule has 2 atom stereocenters. The molecule has 0 aromatic carbocycles. The van der Waals surface area contributed by atoms with Gasteiger partial charge in [0.05, 0.1) is 0 Å². The number of nitrogens with one attached hydrogen (secondary N) is 1. The summed E-state index contributed by atoms with van der Waals surface area (Å²) in [5, 5.41) is 13.2. The molecule has 2 N–H and O–H groups in total. The zero-order valence-electron chi connectivity index (χ0n) is 13.6. The molecule has 0 amide bonds. The van der Waals surface area contributed by atoms with Crippen molar-refractivity contribution < 1.29 is 9.90 Å². The summed E-state index contributed by atoms with van der Waals surface area (Å²) in [6.07, 6.45) is 4.20. The second kappa shape index (κ2) is 7.99. The Morgan fingerprint density at radius 2 is 2.05 bits per heavy atom. The van der Waals surface area contributed by atoms with E-state index in [9.17, 15) is 9.90 Å². The SMILES string of the molecule is CCCNC(CN(CC)CC(C)CC)(C(=O)O)C1CC1. The summed E-state index contributed by atoms with van der Waals surface area (Å²) in [6.45, 7) is 12.0. The van der Waals surface area contributed by atoms with Gasteiger partial charge in [-0.2, -0.15) is 0 Å². The Hall–Kier alpha value is -0.610. The number of aliphatic carboxylic acids is 1. The number of carbonyl (C=O) groups is 1. The molecule has 4 heteroatoms. The minimum Gasteiger partial charge on any atom is -0.480 e. The van der Waals surface area contributed by atoms with Gasteiger partial charge in [0.1, 0.15) is 5.54 Å². The van der Waals surface area contributed by atoms with Crippen LogP contribution in [0.4, 0.5) is 0 Å². The van der Waals surface area contributed by atoms with E-state index >= 15 is 0 Å². The zero-order valence-corrected chi connectivity index (χ0v) is 13.6. The van der Waals surface area contributed by atoms with Crippen LogP contribution in [0.1, 0.15) is 53.4 Å². The standard InChI is InChI=1S/C16H32N2O2/c1-5-10-17-16(15(19)20,14-8-9-14)12-18(7-3)11-13(4)6-2/h13-14,17H,5-12H2,1-4H3,(H,19,20). The summed E-state index contributed by atoms with van der Waals surface area (Å²) in [6, 6.07) is 0. The van der Waals surface area contributed by atoms with Crippen molar-refractivity contribution in [3.05, 3.63) is 0 Å². The smallest absolute Gasteiger partial charge is 0.325 e. The molecule has 0 aromatic rings. The zero-order chi connectivity index (χ0) is 15.2. The highest BCUT2D eigenvalue weighted by Crippen LogP contribution is 2.40. The lowest BCUT2D eigenvalue weighted by molar-refractivity contribution is -0.147. The molecule has 0 heterocycles. The van der Waals surface area contributed by atoms with Crippen molar-refractivity contribution in [2.24, 2.45) is 11.8 Å². The second-order valence-corrected chi connectivity index (χ2v) is 6.32. The van der Waals surface area contributed by atoms with E-state index in [1.807, 2.05) is 0 Å². The second-order valence-electron chi connectivity index (χ2n) is 6.32. The number of hydrogen-bond acceptors (Lipinski definition) is 3. The van der Waals surface area contributed by atoms with Gasteiger partial charge in [0, 0.05) is 13.1 Å². The van der Waals surface area contributed by atoms with E-state index in [0.717, 1.165) is 45.3 Å². The molecule has 2 unspecified atom stereocenters. The highest BCUT2D eigenvalue weighted by molar-refractivity contribution is 5.80. The van der Waals surface area contributed by atoms with Gasteiger partial charge >= 0.3 is 5.97 Å². The van der Waals surface area contributed by atoms with Crippen LogP contribution in [0.5, 0.6) is 0 Å². The first-order valence-corrected chi connectivity index (χ1v) is 8.20. The van der Waals surface area contributed by atoms with Crippen molar-refractivity contribution in [2.45, 2.75) is 58.9 Å². The third-order valence-corrected chi connectivity index (χ3v) is 4.53. The van der Waals surface area contributed by atoms with Crippen LogP contribution in [-0.4, -0.2) is 47.7 Å². The monoisotopic (exact) mass is 284 g/mol. The molecule has 0 radical (unpaired) electrons. The van der Waals surface area contributed by atoms with Gasteiger partial charge in [-0.1, -0.05) is 34.1 Å². The van der Waals surface area contributed by atoms with Crippen LogP contribution in [0.25, 0.3) is 0 Å². The molecule has 1 saturated carbocycles. The van der Waals surface area contributed by atoms with E-state index in [4.69, 9.17) is 0 Å². The van der Waals surface area contributed by atoms with Gasteiger partial charge < -0.3 is 15.3 Å². The summed E-state index contributed by atoms with van der Waals surface area (Å²) in [4.78, 5) is 14.2. The van der Waals surface area contributed by atoms with Crippen LogP contribution in [0, 0.1) is 11.8 Å². The van der Waals surface area contributed by atoms with Gasteiger partial charge in [-0.25, -0.2) is 0 Å². The Bertz CT molecular complexity index is 305. The Morgan fingerprint density at radius 3 is 2.45 bits per heavy atom. The number of carboxylic acid groups (broad SMARTS) is 1. The summed E-state index contributed by atoms with van der Waals surface area (Å²) in [7, 11) is 0. The van der Waals surface area contributed by atoms with E-state index in [2.05, 4.69) is 37.9 Å². The number of rotatable bonds is 11. The molecule has 20 heavy (non-hydrogen) atoms. The van der Waals surface area contributed by atoms with Crippen LogP contribution in [0.3, 0.4) is 0 Å². The van der Waals surface area contributed by atoms with Crippen LogP contribution in [0.15, 0.2) is 0 Å². The van der Waals surface area contributed by atoms with Gasteiger partial charge in [0.2, 0.25) is 0 Å². The van der Waals surface area contributed by atoms with Crippen LogP contribution >= 0.6 is 0 Å². The Kier molecular flexibility index (Phi) is 6.96. The summed E-state index contributed by atoms with van der Waals surface area (Å²) in [5.41, 5.74) is -0.737. The fraction of sp³-hybridized carbons (Fsp3) is 0.938. The van der Waals surface area contributed by atoms with Crippen molar-refractivity contribution in [1.29, 1.82) is 0 Å². The van der Waals surface area contributed by atoms with Crippen molar-refractivity contribution in [3.8, 4) is 0 Å². The van der Waals surface area contributed by atoms with Crippen LogP contribution in [-0.2, 0) is 4.79 Å². The summed E-state index contributed by atoms with van der Waals surface area (Å²) >= 11 is 0. The third kappa shape index (κ3) is 4.45. The minimum atomic E-state index is -0.737. The lowest BCUT2D eigenvalue weighted by atomic mass is 9.91. The van der Waals surface area contributed by atoms with Crippen molar-refractivity contribution in [3.63, 3.8) is 0 Å². The first kappa shape index (κ1) is 17.4. The van der Waals surface area contributed by atoms with E-state index in [0.29, 0.717) is 18.4 Å². The maximum atomic E-state index is 11.9. The van der Waals surface area contributed by atoms with Gasteiger partial charge in [-0.05, 0) is 44.2 Å². The maximum absolute atomic E-state index is 11.9. The number of carboxylic acids is 1. The first-order chi connectivity index (χ1) is 9.50. The van der Waals surface area contributed by atoms with Gasteiger partial charge in [0.25, 0.3) is 0 Å². The quantitative estimate of drug-likeness (QED) is 0.612. The van der Waals surface area contributed by atoms with Gasteiger partial charge in [-0.15, -0.1) is 0 Å². The van der Waals surface area contributed by atoms with E-state index in [1.54, 1.807) is 0 Å². The number of nitrogens with zero attached hydrogens (tertiary/aromatic N) is 1. The fourth-order valence-electron chi connectivity index (χ4n) is 2.80. The molecular formula is C16H32N2O2. The Labute approximate surface area is 123 Å². The molecule has 0 aliphatic heterocycles. The molecule has 0 aromatic heterocycles. The average molecular weight is 284 g/mol. The highest BCUT2D eigenvalue weighted by atomic mass is 16.4. The normalized spacial score (nSPS) is 19.9. The van der Waals surface area contributed by atoms with Crippen LogP contribution < -0.4 is 5.32 Å². The fourth-order valence-corrected chi connectivity index (χ4v) is 2.80. The van der Waals surface area contributed by atoms with Gasteiger partial charge in [-0.3, -0.25) is 4.79 Å². The topological polar surface area (TPSA) is 52.6 Å². The lowest BCUT2D eigenvalue weighted by Crippen LogP contribution is -2.61. The average Bonchev–Trinajstić information content (AvgIpc) is 3.26. The van der Waals surface area contributed by atoms with E-state index in [1.165, 1.54) is 0 Å². The largest absolute Gasteiger partial charge is 0.480 e. The minimum absolute atomic E-state index is 0.303. The van der Waals surface area contributed by atoms with E-state index in [-0.39, 0.29) is 0 Å². The van der Waals surface area contributed by atoms with Crippen molar-refractivity contribution >= 4 is 5.97 Å². The lowest BCUT2D eigenvalue weighted by Gasteiger charge is -2.37. The maximum Gasteiger partial charge on any atom is 0.325 e. The molecule has 118 valence electrons.